The molecule has 0 fully saturated rings. The van der Waals surface area contributed by atoms with Gasteiger partial charge in [-0.2, -0.15) is 0 Å². The van der Waals surface area contributed by atoms with Crippen molar-refractivity contribution in [2.24, 2.45) is 5.73 Å². The number of carbonyl (C=O) groups is 1. The van der Waals surface area contributed by atoms with Crippen molar-refractivity contribution >= 4 is 22.5 Å². The van der Waals surface area contributed by atoms with Crippen molar-refractivity contribution in [3.05, 3.63) is 58.7 Å². The zero-order valence-electron chi connectivity index (χ0n) is 11.2. The SMILES string of the molecule is NC(=O)c1c[nH]n2c(=O)cc(-c3ccc4occc4c3)nc12. The molecule has 1 amide bonds. The minimum absolute atomic E-state index is 0.170. The smallest absolute Gasteiger partial charge is 0.273 e. The Kier molecular flexibility index (Phi) is 2.43. The van der Waals surface area contributed by atoms with E-state index < -0.39 is 5.91 Å². The summed E-state index contributed by atoms with van der Waals surface area (Å²) in [5.74, 6) is -0.645. The molecule has 0 saturated heterocycles. The molecule has 4 rings (SSSR count). The van der Waals surface area contributed by atoms with Crippen molar-refractivity contribution in [2.75, 3.05) is 0 Å². The number of fused-ring (bicyclic) bond motifs is 2. The third kappa shape index (κ3) is 1.72. The van der Waals surface area contributed by atoms with E-state index in [1.54, 1.807) is 18.4 Å². The Balaban J connectivity index is 1.99. The van der Waals surface area contributed by atoms with Crippen molar-refractivity contribution in [2.45, 2.75) is 0 Å². The van der Waals surface area contributed by atoms with Gasteiger partial charge in [0.25, 0.3) is 11.5 Å². The maximum Gasteiger partial charge on any atom is 0.273 e. The minimum atomic E-state index is -0.645. The van der Waals surface area contributed by atoms with Crippen LogP contribution in [-0.2, 0) is 0 Å². The number of benzene rings is 1. The van der Waals surface area contributed by atoms with Crippen LogP contribution in [0.1, 0.15) is 10.4 Å². The number of hydrogen-bond acceptors (Lipinski definition) is 4. The third-order valence-electron chi connectivity index (χ3n) is 3.51. The first-order valence-electron chi connectivity index (χ1n) is 6.52. The number of nitrogens with one attached hydrogen (secondary N) is 1. The molecule has 0 aliphatic rings. The molecule has 7 heteroatoms. The molecule has 0 spiro atoms. The maximum absolute atomic E-state index is 12.1. The van der Waals surface area contributed by atoms with Crippen molar-refractivity contribution in [3.63, 3.8) is 0 Å². The van der Waals surface area contributed by atoms with Gasteiger partial charge in [-0.3, -0.25) is 14.7 Å². The lowest BCUT2D eigenvalue weighted by atomic mass is 10.1. The van der Waals surface area contributed by atoms with Crippen LogP contribution < -0.4 is 11.3 Å². The lowest BCUT2D eigenvalue weighted by Crippen LogP contribution is -2.16. The Labute approximate surface area is 123 Å². The Morgan fingerprint density at radius 1 is 1.27 bits per heavy atom. The summed E-state index contributed by atoms with van der Waals surface area (Å²) >= 11 is 0. The molecule has 1 aromatic carbocycles. The van der Waals surface area contributed by atoms with E-state index in [0.717, 1.165) is 16.5 Å². The highest BCUT2D eigenvalue weighted by molar-refractivity contribution is 5.98. The summed E-state index contributed by atoms with van der Waals surface area (Å²) in [6.45, 7) is 0. The van der Waals surface area contributed by atoms with Gasteiger partial charge in [-0.15, -0.1) is 0 Å². The van der Waals surface area contributed by atoms with Crippen LogP contribution in [0.15, 0.2) is 52.0 Å². The zero-order chi connectivity index (χ0) is 15.3. The van der Waals surface area contributed by atoms with E-state index in [1.165, 1.54) is 16.8 Å². The first-order chi connectivity index (χ1) is 10.6. The Morgan fingerprint density at radius 2 is 2.14 bits per heavy atom. The monoisotopic (exact) mass is 294 g/mol. The molecule has 7 nitrogen and oxygen atoms in total. The van der Waals surface area contributed by atoms with Crippen LogP contribution >= 0.6 is 0 Å². The zero-order valence-corrected chi connectivity index (χ0v) is 11.2. The molecule has 0 radical (unpaired) electrons. The standard InChI is InChI=1S/C15H10N4O3/c16-14(21)10-7-17-19-13(20)6-11(18-15(10)19)8-1-2-12-9(5-8)3-4-22-12/h1-7,17H,(H2,16,21). The fourth-order valence-electron chi connectivity index (χ4n) is 2.44. The summed E-state index contributed by atoms with van der Waals surface area (Å²) in [5, 5.41) is 3.57. The van der Waals surface area contributed by atoms with Gasteiger partial charge in [0, 0.05) is 23.2 Å². The quantitative estimate of drug-likeness (QED) is 0.584. The maximum atomic E-state index is 12.1. The van der Waals surface area contributed by atoms with Crippen LogP contribution in [0.25, 0.3) is 27.9 Å². The summed E-state index contributed by atoms with van der Waals surface area (Å²) < 4.78 is 6.47. The highest BCUT2D eigenvalue weighted by atomic mass is 16.3. The van der Waals surface area contributed by atoms with Gasteiger partial charge in [-0.05, 0) is 24.3 Å². The van der Waals surface area contributed by atoms with Crippen molar-refractivity contribution in [1.82, 2.24) is 14.6 Å². The van der Waals surface area contributed by atoms with Gasteiger partial charge in [0.1, 0.15) is 11.1 Å². The van der Waals surface area contributed by atoms with Crippen molar-refractivity contribution in [3.8, 4) is 11.3 Å². The number of carbonyl (C=O) groups excluding carboxylic acids is 1. The molecule has 22 heavy (non-hydrogen) atoms. The van der Waals surface area contributed by atoms with Crippen LogP contribution in [0.2, 0.25) is 0 Å². The van der Waals surface area contributed by atoms with Gasteiger partial charge in [0.05, 0.1) is 12.0 Å². The van der Waals surface area contributed by atoms with E-state index in [0.29, 0.717) is 5.69 Å². The highest BCUT2D eigenvalue weighted by Gasteiger charge is 2.14. The van der Waals surface area contributed by atoms with Crippen molar-refractivity contribution < 1.29 is 9.21 Å². The van der Waals surface area contributed by atoms with E-state index >= 15 is 0 Å². The lowest BCUT2D eigenvalue weighted by molar-refractivity contribution is 0.100. The van der Waals surface area contributed by atoms with Crippen molar-refractivity contribution in [1.29, 1.82) is 0 Å². The second-order valence-electron chi connectivity index (χ2n) is 4.86. The summed E-state index contributed by atoms with van der Waals surface area (Å²) in [6.07, 6.45) is 2.96. The molecule has 0 bridgehead atoms. The molecule has 0 aliphatic heterocycles. The van der Waals surface area contributed by atoms with E-state index in [4.69, 9.17) is 10.2 Å². The van der Waals surface area contributed by atoms with Crippen LogP contribution in [0.5, 0.6) is 0 Å². The second-order valence-corrected chi connectivity index (χ2v) is 4.86. The number of hydrogen-bond donors (Lipinski definition) is 2. The molecule has 3 aromatic heterocycles. The van der Waals surface area contributed by atoms with E-state index in [9.17, 15) is 9.59 Å². The molecule has 0 unspecified atom stereocenters. The number of nitrogens with zero attached hydrogens (tertiary/aromatic N) is 2. The van der Waals surface area contributed by atoms with Gasteiger partial charge in [0.2, 0.25) is 0 Å². The molecule has 0 saturated carbocycles. The molecule has 4 aromatic rings. The average molecular weight is 294 g/mol. The molecule has 0 atom stereocenters. The second kappa shape index (κ2) is 4.32. The number of nitrogens with two attached hydrogens (primary N) is 1. The minimum Gasteiger partial charge on any atom is -0.464 e. The number of primary amides is 1. The molecular formula is C15H10N4O3. The molecule has 3 N–H and O–H groups in total. The number of rotatable bonds is 2. The number of furan rings is 1. The molecule has 0 aliphatic carbocycles. The van der Waals surface area contributed by atoms with Gasteiger partial charge in [-0.1, -0.05) is 0 Å². The first-order valence-corrected chi connectivity index (χ1v) is 6.52. The normalized spacial score (nSPS) is 11.3. The third-order valence-corrected chi connectivity index (χ3v) is 3.51. The Bertz CT molecular complexity index is 1090. The predicted molar refractivity (Wildman–Crippen MR) is 79.5 cm³/mol. The van der Waals surface area contributed by atoms with E-state index in [-0.39, 0.29) is 16.8 Å². The fraction of sp³-hybridized carbons (Fsp3) is 0. The topological polar surface area (TPSA) is 106 Å². The first kappa shape index (κ1) is 12.4. The Morgan fingerprint density at radius 3 is 2.95 bits per heavy atom. The lowest BCUT2D eigenvalue weighted by Gasteiger charge is -2.02. The predicted octanol–water partition coefficient (Wildman–Crippen LogP) is 1.53. The van der Waals surface area contributed by atoms with Gasteiger partial charge in [0.15, 0.2) is 5.65 Å². The summed E-state index contributed by atoms with van der Waals surface area (Å²) in [6, 6.07) is 8.71. The molecular weight excluding hydrogens is 284 g/mol. The summed E-state index contributed by atoms with van der Waals surface area (Å²) in [4.78, 5) is 27.9. The Hall–Kier alpha value is -3.35. The average Bonchev–Trinajstić information content (AvgIpc) is 3.12. The molecule has 108 valence electrons. The van der Waals surface area contributed by atoms with Crippen LogP contribution in [0.3, 0.4) is 0 Å². The highest BCUT2D eigenvalue weighted by Crippen LogP contribution is 2.23. The van der Waals surface area contributed by atoms with E-state index in [2.05, 4.69) is 10.1 Å². The summed E-state index contributed by atoms with van der Waals surface area (Å²) in [5.41, 5.74) is 7.33. The van der Waals surface area contributed by atoms with E-state index in [1.807, 2.05) is 12.1 Å². The summed E-state index contributed by atoms with van der Waals surface area (Å²) in [7, 11) is 0. The number of H-pyrrole nitrogens is 1. The van der Waals surface area contributed by atoms with Crippen LogP contribution in [-0.4, -0.2) is 20.5 Å². The fourth-order valence-corrected chi connectivity index (χ4v) is 2.44. The number of aromatic amines is 1. The largest absolute Gasteiger partial charge is 0.464 e. The van der Waals surface area contributed by atoms with Gasteiger partial charge < -0.3 is 10.2 Å². The van der Waals surface area contributed by atoms with Crippen LogP contribution in [0.4, 0.5) is 0 Å². The molecule has 3 heterocycles. The number of aromatic nitrogens is 3. The number of amides is 1. The van der Waals surface area contributed by atoms with Crippen LogP contribution in [0, 0.1) is 0 Å². The van der Waals surface area contributed by atoms with Gasteiger partial charge in [-0.25, -0.2) is 9.50 Å². The van der Waals surface area contributed by atoms with Gasteiger partial charge >= 0.3 is 0 Å².